The summed E-state index contributed by atoms with van der Waals surface area (Å²) in [5, 5.41) is 5.49. The Balaban J connectivity index is 2.04. The van der Waals surface area contributed by atoms with E-state index in [2.05, 4.69) is 41.7 Å². The Morgan fingerprint density at radius 1 is 1.07 bits per heavy atom. The molecule has 2 aromatic rings. The fourth-order valence-corrected chi connectivity index (χ4v) is 3.65. The predicted molar refractivity (Wildman–Crippen MR) is 116 cm³/mol. The zero-order chi connectivity index (χ0) is 20.4. The second-order valence-corrected chi connectivity index (χ2v) is 7.26. The van der Waals surface area contributed by atoms with Crippen LogP contribution in [0, 0.1) is 0 Å². The molecule has 6 nitrogen and oxygen atoms in total. The van der Waals surface area contributed by atoms with Crippen molar-refractivity contribution < 1.29 is 14.2 Å². The summed E-state index contributed by atoms with van der Waals surface area (Å²) in [6.45, 7) is 4.49. The highest BCUT2D eigenvalue weighted by Crippen LogP contribution is 2.39. The first-order valence-electron chi connectivity index (χ1n) is 9.44. The molecule has 1 heterocycles. The lowest BCUT2D eigenvalue weighted by molar-refractivity contribution is 0.322. The molecule has 0 radical (unpaired) electrons. The second-order valence-electron chi connectivity index (χ2n) is 6.23. The maximum absolute atomic E-state index is 5.56. The first-order chi connectivity index (χ1) is 13.6. The lowest BCUT2D eigenvalue weighted by Crippen LogP contribution is -2.40. The third kappa shape index (κ3) is 5.79. The van der Waals surface area contributed by atoms with Crippen LogP contribution in [0.15, 0.2) is 34.6 Å². The van der Waals surface area contributed by atoms with Gasteiger partial charge in [0.15, 0.2) is 17.5 Å². The Labute approximate surface area is 172 Å². The van der Waals surface area contributed by atoms with Crippen molar-refractivity contribution in [1.82, 2.24) is 10.2 Å². The number of rotatable bonds is 10. The zero-order valence-corrected chi connectivity index (χ0v) is 18.3. The number of aliphatic imine (C=N–C) groups is 1. The van der Waals surface area contributed by atoms with Crippen molar-refractivity contribution in [3.63, 3.8) is 0 Å². The number of benzene rings is 1. The SMILES string of the molecule is CCNC(=NCCc1ccc(OC)c(OC)c1OC)N(C)CCc1cccs1. The van der Waals surface area contributed by atoms with Crippen LogP contribution in [-0.2, 0) is 12.8 Å². The molecule has 0 amide bonds. The maximum Gasteiger partial charge on any atom is 0.203 e. The summed E-state index contributed by atoms with van der Waals surface area (Å²) in [5.41, 5.74) is 1.04. The van der Waals surface area contributed by atoms with Crippen LogP contribution in [0.3, 0.4) is 0 Å². The van der Waals surface area contributed by atoms with E-state index in [1.165, 1.54) is 4.88 Å². The van der Waals surface area contributed by atoms with Crippen molar-refractivity contribution in [2.24, 2.45) is 4.99 Å². The van der Waals surface area contributed by atoms with Crippen LogP contribution in [0.4, 0.5) is 0 Å². The van der Waals surface area contributed by atoms with Crippen LogP contribution < -0.4 is 19.5 Å². The van der Waals surface area contributed by atoms with E-state index in [1.807, 2.05) is 12.1 Å². The third-order valence-electron chi connectivity index (χ3n) is 4.40. The second kappa shape index (κ2) is 11.4. The quantitative estimate of drug-likeness (QED) is 0.485. The van der Waals surface area contributed by atoms with E-state index in [0.29, 0.717) is 23.8 Å². The van der Waals surface area contributed by atoms with Crippen molar-refractivity contribution in [3.8, 4) is 17.2 Å². The van der Waals surface area contributed by atoms with Gasteiger partial charge in [-0.15, -0.1) is 11.3 Å². The number of nitrogens with zero attached hydrogens (tertiary/aromatic N) is 2. The molecule has 1 aromatic heterocycles. The first kappa shape index (κ1) is 21.9. The normalized spacial score (nSPS) is 11.2. The molecule has 0 fully saturated rings. The molecule has 0 atom stereocenters. The molecule has 0 aliphatic heterocycles. The van der Waals surface area contributed by atoms with Gasteiger partial charge in [-0.05, 0) is 37.3 Å². The number of ether oxygens (including phenoxy) is 3. The predicted octanol–water partition coefficient (Wildman–Crippen LogP) is 3.46. The maximum atomic E-state index is 5.56. The highest BCUT2D eigenvalue weighted by atomic mass is 32.1. The summed E-state index contributed by atoms with van der Waals surface area (Å²) in [6, 6.07) is 8.17. The van der Waals surface area contributed by atoms with Gasteiger partial charge in [-0.2, -0.15) is 0 Å². The van der Waals surface area contributed by atoms with E-state index in [-0.39, 0.29) is 0 Å². The minimum absolute atomic E-state index is 0.617. The molecule has 0 saturated carbocycles. The van der Waals surface area contributed by atoms with E-state index in [1.54, 1.807) is 32.7 Å². The van der Waals surface area contributed by atoms with Crippen LogP contribution in [0.5, 0.6) is 17.2 Å². The summed E-state index contributed by atoms with van der Waals surface area (Å²) < 4.78 is 16.4. The fraction of sp³-hybridized carbons (Fsp3) is 0.476. The Morgan fingerprint density at radius 3 is 2.46 bits per heavy atom. The van der Waals surface area contributed by atoms with Gasteiger partial charge < -0.3 is 24.4 Å². The topological polar surface area (TPSA) is 55.3 Å². The van der Waals surface area contributed by atoms with Crippen molar-refractivity contribution >= 4 is 17.3 Å². The molecule has 1 aromatic carbocycles. The molecule has 0 bridgehead atoms. The summed E-state index contributed by atoms with van der Waals surface area (Å²) in [4.78, 5) is 8.35. The number of methoxy groups -OCH3 is 3. The first-order valence-corrected chi connectivity index (χ1v) is 10.3. The van der Waals surface area contributed by atoms with Gasteiger partial charge in [-0.1, -0.05) is 12.1 Å². The molecule has 1 N–H and O–H groups in total. The van der Waals surface area contributed by atoms with Crippen LogP contribution in [0.1, 0.15) is 17.4 Å². The molecule has 154 valence electrons. The Bertz CT molecular complexity index is 748. The van der Waals surface area contributed by atoms with Crippen LogP contribution >= 0.6 is 11.3 Å². The monoisotopic (exact) mass is 405 g/mol. The van der Waals surface area contributed by atoms with E-state index in [4.69, 9.17) is 19.2 Å². The molecule has 0 saturated heterocycles. The molecule has 0 aliphatic rings. The minimum Gasteiger partial charge on any atom is -0.493 e. The Morgan fingerprint density at radius 2 is 1.86 bits per heavy atom. The van der Waals surface area contributed by atoms with Crippen molar-refractivity contribution in [3.05, 3.63) is 40.1 Å². The van der Waals surface area contributed by atoms with E-state index in [9.17, 15) is 0 Å². The number of hydrogen-bond donors (Lipinski definition) is 1. The zero-order valence-electron chi connectivity index (χ0n) is 17.4. The highest BCUT2D eigenvalue weighted by molar-refractivity contribution is 7.09. The summed E-state index contributed by atoms with van der Waals surface area (Å²) in [6.07, 6.45) is 1.76. The highest BCUT2D eigenvalue weighted by Gasteiger charge is 2.15. The lowest BCUT2D eigenvalue weighted by atomic mass is 10.1. The number of likely N-dealkylation sites (N-methyl/N-ethyl adjacent to an activating group) is 1. The van der Waals surface area contributed by atoms with E-state index >= 15 is 0 Å². The van der Waals surface area contributed by atoms with Crippen molar-refractivity contribution in [2.75, 3.05) is 48.0 Å². The molecular weight excluding hydrogens is 374 g/mol. The van der Waals surface area contributed by atoms with Gasteiger partial charge in [0.2, 0.25) is 5.75 Å². The molecular formula is C21H31N3O3S. The van der Waals surface area contributed by atoms with Gasteiger partial charge in [-0.3, -0.25) is 4.99 Å². The van der Waals surface area contributed by atoms with Crippen LogP contribution in [0.25, 0.3) is 0 Å². The molecule has 28 heavy (non-hydrogen) atoms. The van der Waals surface area contributed by atoms with Gasteiger partial charge in [0, 0.05) is 37.1 Å². The van der Waals surface area contributed by atoms with E-state index < -0.39 is 0 Å². The third-order valence-corrected chi connectivity index (χ3v) is 5.33. The average molecular weight is 406 g/mol. The smallest absolute Gasteiger partial charge is 0.203 e. The molecule has 0 aliphatic carbocycles. The van der Waals surface area contributed by atoms with Gasteiger partial charge >= 0.3 is 0 Å². The van der Waals surface area contributed by atoms with Gasteiger partial charge in [0.05, 0.1) is 21.3 Å². The molecule has 2 rings (SSSR count). The number of hydrogen-bond acceptors (Lipinski definition) is 5. The van der Waals surface area contributed by atoms with Crippen LogP contribution in [-0.4, -0.2) is 58.9 Å². The molecule has 0 spiro atoms. The molecule has 0 unspecified atom stereocenters. The molecule has 7 heteroatoms. The van der Waals surface area contributed by atoms with Gasteiger partial charge in [-0.25, -0.2) is 0 Å². The van der Waals surface area contributed by atoms with Gasteiger partial charge in [0.25, 0.3) is 0 Å². The number of thiophene rings is 1. The van der Waals surface area contributed by atoms with Crippen molar-refractivity contribution in [1.29, 1.82) is 0 Å². The van der Waals surface area contributed by atoms with Crippen molar-refractivity contribution in [2.45, 2.75) is 19.8 Å². The Kier molecular flexibility index (Phi) is 8.94. The number of guanidine groups is 1. The fourth-order valence-electron chi connectivity index (χ4n) is 2.95. The number of nitrogens with one attached hydrogen (secondary N) is 1. The minimum atomic E-state index is 0.617. The summed E-state index contributed by atoms with van der Waals surface area (Å²) in [7, 11) is 6.96. The standard InChI is InChI=1S/C21H31N3O3S/c1-6-22-21(24(2)14-12-17-8-7-15-28-17)23-13-11-16-9-10-18(25-3)20(27-5)19(16)26-4/h7-10,15H,6,11-14H2,1-5H3,(H,22,23). The summed E-state index contributed by atoms with van der Waals surface area (Å²) in [5.74, 6) is 2.89. The lowest BCUT2D eigenvalue weighted by Gasteiger charge is -2.22. The average Bonchev–Trinajstić information content (AvgIpc) is 3.24. The van der Waals surface area contributed by atoms with E-state index in [0.717, 1.165) is 37.5 Å². The Hall–Kier alpha value is -2.41. The van der Waals surface area contributed by atoms with Gasteiger partial charge in [0.1, 0.15) is 0 Å². The van der Waals surface area contributed by atoms with Crippen LogP contribution in [0.2, 0.25) is 0 Å². The summed E-state index contributed by atoms with van der Waals surface area (Å²) >= 11 is 1.79. The largest absolute Gasteiger partial charge is 0.493 e.